The van der Waals surface area contributed by atoms with Crippen molar-refractivity contribution in [2.75, 3.05) is 25.0 Å². The molecular weight excluding hydrogens is 354 g/mol. The largest absolute Gasteiger partial charge is 0.356 e. The number of carbonyl (C=O) groups excluding carboxylic acids is 2. The van der Waals surface area contributed by atoms with Gasteiger partial charge in [-0.15, -0.1) is 0 Å². The number of carbonyl (C=O) groups is 2. The lowest BCUT2D eigenvalue weighted by Gasteiger charge is -2.30. The van der Waals surface area contributed by atoms with Gasteiger partial charge in [-0.2, -0.15) is 4.31 Å². The van der Waals surface area contributed by atoms with E-state index in [9.17, 15) is 18.0 Å². The van der Waals surface area contributed by atoms with Crippen LogP contribution in [0, 0.1) is 11.8 Å². The van der Waals surface area contributed by atoms with E-state index in [4.69, 9.17) is 0 Å². The van der Waals surface area contributed by atoms with Gasteiger partial charge in [0, 0.05) is 31.2 Å². The van der Waals surface area contributed by atoms with Crippen LogP contribution in [0.3, 0.4) is 0 Å². The SMILES string of the molecule is CC(C)CNC(=O)C1CCN(S(=O)(=O)c2ccc3c(c2)CC(=O)N3)CC1. The van der Waals surface area contributed by atoms with Gasteiger partial charge in [-0.1, -0.05) is 13.8 Å². The maximum Gasteiger partial charge on any atom is 0.243 e. The Morgan fingerprint density at radius 2 is 2.00 bits per heavy atom. The number of fused-ring (bicyclic) bond motifs is 1. The van der Waals surface area contributed by atoms with Gasteiger partial charge in [-0.05, 0) is 42.5 Å². The molecule has 1 saturated heterocycles. The number of rotatable bonds is 5. The molecule has 8 heteroatoms. The molecule has 0 spiro atoms. The topological polar surface area (TPSA) is 95.6 Å². The van der Waals surface area contributed by atoms with Crippen molar-refractivity contribution in [3.05, 3.63) is 23.8 Å². The molecule has 1 aromatic carbocycles. The van der Waals surface area contributed by atoms with Crippen molar-refractivity contribution < 1.29 is 18.0 Å². The van der Waals surface area contributed by atoms with Crippen LogP contribution in [-0.2, 0) is 26.0 Å². The van der Waals surface area contributed by atoms with Crippen molar-refractivity contribution >= 4 is 27.5 Å². The third-order valence-corrected chi connectivity index (χ3v) is 6.74. The van der Waals surface area contributed by atoms with E-state index in [-0.39, 0.29) is 29.0 Å². The molecule has 2 N–H and O–H groups in total. The molecule has 2 aliphatic heterocycles. The van der Waals surface area contributed by atoms with Crippen LogP contribution in [0.4, 0.5) is 5.69 Å². The second-order valence-corrected chi connectivity index (χ2v) is 9.30. The number of anilines is 1. The van der Waals surface area contributed by atoms with Crippen molar-refractivity contribution in [1.82, 2.24) is 9.62 Å². The van der Waals surface area contributed by atoms with Gasteiger partial charge in [0.1, 0.15) is 0 Å². The molecule has 1 aromatic rings. The fourth-order valence-corrected chi connectivity index (χ4v) is 4.84. The average molecular weight is 379 g/mol. The van der Waals surface area contributed by atoms with Crippen LogP contribution < -0.4 is 10.6 Å². The Kier molecular flexibility index (Phi) is 5.34. The fourth-order valence-electron chi connectivity index (χ4n) is 3.32. The third kappa shape index (κ3) is 3.91. The lowest BCUT2D eigenvalue weighted by Crippen LogP contribution is -2.43. The Morgan fingerprint density at radius 1 is 1.31 bits per heavy atom. The van der Waals surface area contributed by atoms with E-state index < -0.39 is 10.0 Å². The Morgan fingerprint density at radius 3 is 2.65 bits per heavy atom. The Labute approximate surface area is 154 Å². The van der Waals surface area contributed by atoms with Gasteiger partial charge in [0.25, 0.3) is 0 Å². The maximum absolute atomic E-state index is 12.9. The highest BCUT2D eigenvalue weighted by Gasteiger charge is 2.32. The molecule has 0 aliphatic carbocycles. The predicted molar refractivity (Wildman–Crippen MR) is 98.1 cm³/mol. The summed E-state index contributed by atoms with van der Waals surface area (Å²) in [5.41, 5.74) is 1.38. The molecule has 0 bridgehead atoms. The van der Waals surface area contributed by atoms with E-state index in [1.807, 2.05) is 13.8 Å². The highest BCUT2D eigenvalue weighted by Crippen LogP contribution is 2.29. The molecule has 2 aliphatic rings. The van der Waals surface area contributed by atoms with Gasteiger partial charge < -0.3 is 10.6 Å². The van der Waals surface area contributed by atoms with Gasteiger partial charge in [-0.25, -0.2) is 8.42 Å². The first-order chi connectivity index (χ1) is 12.3. The summed E-state index contributed by atoms with van der Waals surface area (Å²) in [5.74, 6) is 0.142. The van der Waals surface area contributed by atoms with Gasteiger partial charge in [-0.3, -0.25) is 9.59 Å². The predicted octanol–water partition coefficient (Wildman–Crippen LogP) is 1.35. The van der Waals surface area contributed by atoms with Crippen LogP contribution in [-0.4, -0.2) is 44.2 Å². The molecule has 7 nitrogen and oxygen atoms in total. The van der Waals surface area contributed by atoms with E-state index in [0.717, 1.165) is 0 Å². The number of sulfonamides is 1. The highest BCUT2D eigenvalue weighted by atomic mass is 32.2. The third-order valence-electron chi connectivity index (χ3n) is 4.85. The molecule has 1 fully saturated rings. The number of hydrogen-bond acceptors (Lipinski definition) is 4. The summed E-state index contributed by atoms with van der Waals surface area (Å²) in [5, 5.41) is 5.63. The van der Waals surface area contributed by atoms with Crippen LogP contribution in [0.2, 0.25) is 0 Å². The Balaban J connectivity index is 1.64. The Hall–Kier alpha value is -1.93. The first-order valence-electron chi connectivity index (χ1n) is 8.98. The summed E-state index contributed by atoms with van der Waals surface area (Å²) < 4.78 is 27.2. The second kappa shape index (κ2) is 7.36. The smallest absolute Gasteiger partial charge is 0.243 e. The normalized spacial score (nSPS) is 18.7. The number of nitrogens with one attached hydrogen (secondary N) is 2. The quantitative estimate of drug-likeness (QED) is 0.807. The molecular formula is C18H25N3O4S. The standard InChI is InChI=1S/C18H25N3O4S/c1-12(2)11-19-18(23)13-5-7-21(8-6-13)26(24,25)15-3-4-16-14(9-15)10-17(22)20-16/h3-4,9,12-13H,5-8,10-11H2,1-2H3,(H,19,23)(H,20,22). The van der Waals surface area contributed by atoms with Crippen LogP contribution in [0.5, 0.6) is 0 Å². The molecule has 2 amide bonds. The zero-order valence-electron chi connectivity index (χ0n) is 15.1. The average Bonchev–Trinajstić information content (AvgIpc) is 2.98. The summed E-state index contributed by atoms with van der Waals surface area (Å²) in [6, 6.07) is 4.74. The minimum absolute atomic E-state index is 0.0119. The van der Waals surface area contributed by atoms with Crippen molar-refractivity contribution in [3.8, 4) is 0 Å². The molecule has 2 heterocycles. The van der Waals surface area contributed by atoms with Gasteiger partial charge in [0.15, 0.2) is 0 Å². The lowest BCUT2D eigenvalue weighted by atomic mass is 9.97. The summed E-state index contributed by atoms with van der Waals surface area (Å²) in [7, 11) is -3.61. The fraction of sp³-hybridized carbons (Fsp3) is 0.556. The molecule has 0 atom stereocenters. The van der Waals surface area contributed by atoms with Crippen molar-refractivity contribution in [3.63, 3.8) is 0 Å². The van der Waals surface area contributed by atoms with E-state index in [2.05, 4.69) is 10.6 Å². The monoisotopic (exact) mass is 379 g/mol. The van der Waals surface area contributed by atoms with Crippen molar-refractivity contribution in [2.45, 2.75) is 38.0 Å². The number of nitrogens with zero attached hydrogens (tertiary/aromatic N) is 1. The van der Waals surface area contributed by atoms with Gasteiger partial charge >= 0.3 is 0 Å². The van der Waals surface area contributed by atoms with Crippen LogP contribution in [0.1, 0.15) is 32.3 Å². The van der Waals surface area contributed by atoms with Crippen molar-refractivity contribution in [1.29, 1.82) is 0 Å². The second-order valence-electron chi connectivity index (χ2n) is 7.36. The maximum atomic E-state index is 12.9. The summed E-state index contributed by atoms with van der Waals surface area (Å²) in [6.45, 7) is 5.37. The summed E-state index contributed by atoms with van der Waals surface area (Å²) >= 11 is 0. The first-order valence-corrected chi connectivity index (χ1v) is 10.4. The Bertz CT molecular complexity index is 812. The van der Waals surface area contributed by atoms with Crippen LogP contribution >= 0.6 is 0 Å². The zero-order valence-corrected chi connectivity index (χ0v) is 15.9. The number of piperidine rings is 1. The van der Waals surface area contributed by atoms with Gasteiger partial charge in [0.2, 0.25) is 21.8 Å². The summed E-state index contributed by atoms with van der Waals surface area (Å²) in [4.78, 5) is 23.8. The van der Waals surface area contributed by atoms with Crippen molar-refractivity contribution in [2.24, 2.45) is 11.8 Å². The van der Waals surface area contributed by atoms with E-state index >= 15 is 0 Å². The molecule has 0 unspecified atom stereocenters. The molecule has 0 saturated carbocycles. The first kappa shape index (κ1) is 18.8. The molecule has 142 valence electrons. The van der Waals surface area contributed by atoms with E-state index in [1.165, 1.54) is 10.4 Å². The van der Waals surface area contributed by atoms with E-state index in [1.54, 1.807) is 12.1 Å². The highest BCUT2D eigenvalue weighted by molar-refractivity contribution is 7.89. The number of benzene rings is 1. The molecule has 0 radical (unpaired) electrons. The van der Waals surface area contributed by atoms with Crippen LogP contribution in [0.15, 0.2) is 23.1 Å². The van der Waals surface area contributed by atoms with Gasteiger partial charge in [0.05, 0.1) is 11.3 Å². The zero-order chi connectivity index (χ0) is 18.9. The number of amides is 2. The molecule has 3 rings (SSSR count). The van der Waals surface area contributed by atoms with Crippen LogP contribution in [0.25, 0.3) is 0 Å². The lowest BCUT2D eigenvalue weighted by molar-refractivity contribution is -0.126. The minimum Gasteiger partial charge on any atom is -0.356 e. The minimum atomic E-state index is -3.61. The number of hydrogen-bond donors (Lipinski definition) is 2. The molecule has 26 heavy (non-hydrogen) atoms. The van der Waals surface area contributed by atoms with E-state index in [0.29, 0.717) is 49.6 Å². The molecule has 0 aromatic heterocycles. The summed E-state index contributed by atoms with van der Waals surface area (Å²) in [6.07, 6.45) is 1.25.